The van der Waals surface area contributed by atoms with Crippen LogP contribution in [0, 0.1) is 0 Å². The molecule has 4 unspecified atom stereocenters. The number of halogens is 1. The quantitative estimate of drug-likeness (QED) is 0.187. The number of carbonyl (C=O) groups is 1. The second-order valence-corrected chi connectivity index (χ2v) is 11.5. The second kappa shape index (κ2) is 11.6. The highest BCUT2D eigenvalue weighted by molar-refractivity contribution is 6.33. The van der Waals surface area contributed by atoms with E-state index in [1.54, 1.807) is 6.07 Å². The van der Waals surface area contributed by atoms with E-state index in [0.29, 0.717) is 11.1 Å². The zero-order chi connectivity index (χ0) is 33.3. The van der Waals surface area contributed by atoms with E-state index in [2.05, 4.69) is 13.2 Å². The van der Waals surface area contributed by atoms with Crippen molar-refractivity contribution < 1.29 is 47.8 Å². The number of fused-ring (bicyclic) bond motifs is 6. The van der Waals surface area contributed by atoms with Crippen molar-refractivity contribution >= 4 is 39.4 Å². The van der Waals surface area contributed by atoms with Gasteiger partial charge in [-0.2, -0.15) is 0 Å². The number of hydrogen-bond donors (Lipinski definition) is 2. The molecule has 1 aromatic heterocycles. The molecule has 0 spiro atoms. The number of rotatable bonds is 8. The molecule has 244 valence electrons. The molecular weight excluding hydrogens is 634 g/mol. The van der Waals surface area contributed by atoms with E-state index in [-0.39, 0.29) is 86.4 Å². The minimum atomic E-state index is -1.33. The maximum absolute atomic E-state index is 14.4. The van der Waals surface area contributed by atoms with Crippen molar-refractivity contribution in [1.29, 1.82) is 0 Å². The van der Waals surface area contributed by atoms with Gasteiger partial charge in [0.15, 0.2) is 35.7 Å². The number of hydrogen-bond acceptors (Lipinski definition) is 11. The van der Waals surface area contributed by atoms with Crippen LogP contribution in [-0.2, 0) is 14.2 Å². The molecule has 3 aliphatic rings. The van der Waals surface area contributed by atoms with Crippen LogP contribution in [-0.4, -0.2) is 68.5 Å². The third-order valence-electron chi connectivity index (χ3n) is 8.81. The molecule has 0 radical (unpaired) electrons. The number of nitrogens with zero attached hydrogens (tertiary/aromatic N) is 1. The van der Waals surface area contributed by atoms with Gasteiger partial charge in [-0.15, -0.1) is 6.58 Å². The number of aliphatic hydroxyl groups excluding tert-OH is 1. The van der Waals surface area contributed by atoms with Crippen LogP contribution < -0.4 is 19.6 Å². The first-order chi connectivity index (χ1) is 22.7. The molecule has 0 saturated carbocycles. The van der Waals surface area contributed by atoms with Crippen molar-refractivity contribution in [3.05, 3.63) is 81.0 Å². The Hall–Kier alpha value is -4.59. The molecule has 4 atom stereocenters. The number of amides is 1. The first kappa shape index (κ1) is 31.0. The third-order valence-corrected chi connectivity index (χ3v) is 9.11. The normalized spacial score (nSPS) is 21.1. The minimum absolute atomic E-state index is 0.0103. The Balaban J connectivity index is 1.66. The molecule has 47 heavy (non-hydrogen) atoms. The molecule has 1 aliphatic carbocycles. The van der Waals surface area contributed by atoms with Crippen LogP contribution >= 0.6 is 11.6 Å². The average molecular weight is 664 g/mol. The van der Waals surface area contributed by atoms with Gasteiger partial charge in [-0.05, 0) is 23.8 Å². The Labute approximate surface area is 272 Å². The molecule has 2 N–H and O–H groups in total. The van der Waals surface area contributed by atoms with Gasteiger partial charge < -0.3 is 48.0 Å². The standard InChI is InChI=1S/C34H30ClNO11/c1-6-10-36-33(40)19-15(24(38)34(36)43-5)12-16-18(25(19)39)20-21-30(26(16)41-3)45-13-46-31(21)32-22(29(20)44-11-7-2)23(37)14-8-9-17(35)28(42-4)27(14)47-32/h6-9,12,24,26,30,34,38-39H,1-2,10-11,13H2,3-5H3. The van der Waals surface area contributed by atoms with Crippen molar-refractivity contribution in [2.75, 3.05) is 41.3 Å². The zero-order valence-corrected chi connectivity index (χ0v) is 26.4. The summed E-state index contributed by atoms with van der Waals surface area (Å²) in [6.07, 6.45) is -1.11. The molecule has 2 aliphatic heterocycles. The van der Waals surface area contributed by atoms with Crippen LogP contribution in [0.1, 0.15) is 45.4 Å². The molecular formula is C34H30ClNO11. The van der Waals surface area contributed by atoms with E-state index in [1.165, 1.54) is 50.5 Å². The van der Waals surface area contributed by atoms with E-state index in [0.717, 1.165) is 0 Å². The van der Waals surface area contributed by atoms with Crippen LogP contribution in [0.25, 0.3) is 33.1 Å². The number of phenols is 1. The monoisotopic (exact) mass is 663 g/mol. The lowest BCUT2D eigenvalue weighted by Crippen LogP contribution is -2.49. The number of carbonyl (C=O) groups excluding carboxylic acids is 1. The molecule has 7 rings (SSSR count). The molecule has 12 nitrogen and oxygen atoms in total. The summed E-state index contributed by atoms with van der Waals surface area (Å²) in [5, 5.41) is 24.0. The zero-order valence-electron chi connectivity index (χ0n) is 25.6. The fourth-order valence-electron chi connectivity index (χ4n) is 6.92. The van der Waals surface area contributed by atoms with Gasteiger partial charge in [0.2, 0.25) is 5.43 Å². The molecule has 1 amide bonds. The van der Waals surface area contributed by atoms with E-state index < -0.39 is 41.6 Å². The Bertz CT molecular complexity index is 2070. The molecule has 4 aromatic rings. The number of aromatic hydroxyl groups is 1. The Morgan fingerprint density at radius 1 is 1.04 bits per heavy atom. The summed E-state index contributed by atoms with van der Waals surface area (Å²) in [6, 6.07) is 4.63. The number of ether oxygens (including phenoxy) is 6. The molecule has 0 bridgehead atoms. The van der Waals surface area contributed by atoms with Gasteiger partial charge >= 0.3 is 0 Å². The van der Waals surface area contributed by atoms with Crippen LogP contribution in [0.5, 0.6) is 23.0 Å². The van der Waals surface area contributed by atoms with Gasteiger partial charge in [0.25, 0.3) is 5.91 Å². The van der Waals surface area contributed by atoms with E-state index in [9.17, 15) is 19.8 Å². The number of methoxy groups -OCH3 is 3. The van der Waals surface area contributed by atoms with Crippen molar-refractivity contribution in [2.24, 2.45) is 0 Å². The van der Waals surface area contributed by atoms with Gasteiger partial charge in [-0.1, -0.05) is 30.3 Å². The fraction of sp³-hybridized carbons (Fsp3) is 0.294. The van der Waals surface area contributed by atoms with Gasteiger partial charge in [-0.3, -0.25) is 9.59 Å². The number of aliphatic hydroxyl groups is 1. The van der Waals surface area contributed by atoms with Gasteiger partial charge in [0.05, 0.1) is 23.1 Å². The summed E-state index contributed by atoms with van der Waals surface area (Å²) in [7, 11) is 4.25. The van der Waals surface area contributed by atoms with E-state index >= 15 is 0 Å². The average Bonchev–Trinajstić information content (AvgIpc) is 3.07. The molecule has 3 heterocycles. The van der Waals surface area contributed by atoms with Crippen molar-refractivity contribution in [3.63, 3.8) is 0 Å². The highest BCUT2D eigenvalue weighted by atomic mass is 35.5. The maximum Gasteiger partial charge on any atom is 0.260 e. The van der Waals surface area contributed by atoms with Crippen LogP contribution in [0.15, 0.2) is 52.7 Å². The van der Waals surface area contributed by atoms with Crippen molar-refractivity contribution in [2.45, 2.75) is 24.5 Å². The first-order valence-corrected chi connectivity index (χ1v) is 15.0. The summed E-state index contributed by atoms with van der Waals surface area (Å²) >= 11 is 6.39. The Kier molecular flexibility index (Phi) is 7.65. The molecule has 0 fully saturated rings. The summed E-state index contributed by atoms with van der Waals surface area (Å²) in [5.41, 5.74) is 0.767. The van der Waals surface area contributed by atoms with Crippen LogP contribution in [0.3, 0.4) is 0 Å². The predicted molar refractivity (Wildman–Crippen MR) is 170 cm³/mol. The van der Waals surface area contributed by atoms with Crippen LogP contribution in [0.2, 0.25) is 5.02 Å². The topological polar surface area (TPSA) is 146 Å². The molecule has 0 saturated heterocycles. The highest BCUT2D eigenvalue weighted by Crippen LogP contribution is 2.61. The number of phenolic OH excluding ortho intramolecular Hbond substituents is 1. The highest BCUT2D eigenvalue weighted by Gasteiger charge is 2.49. The summed E-state index contributed by atoms with van der Waals surface area (Å²) in [6.45, 7) is 7.24. The summed E-state index contributed by atoms with van der Waals surface area (Å²) < 4.78 is 41.7. The second-order valence-electron chi connectivity index (χ2n) is 11.1. The van der Waals surface area contributed by atoms with Crippen molar-refractivity contribution in [1.82, 2.24) is 4.90 Å². The van der Waals surface area contributed by atoms with Gasteiger partial charge in [0.1, 0.15) is 41.8 Å². The fourth-order valence-corrected chi connectivity index (χ4v) is 7.15. The van der Waals surface area contributed by atoms with Crippen molar-refractivity contribution in [3.8, 4) is 34.1 Å². The van der Waals surface area contributed by atoms with Gasteiger partial charge in [-0.25, -0.2) is 0 Å². The maximum atomic E-state index is 14.4. The molecule has 13 heteroatoms. The van der Waals surface area contributed by atoms with Crippen LogP contribution in [0.4, 0.5) is 0 Å². The summed E-state index contributed by atoms with van der Waals surface area (Å²) in [4.78, 5) is 29.6. The minimum Gasteiger partial charge on any atom is -0.506 e. The predicted octanol–water partition coefficient (Wildman–Crippen LogP) is 5.30. The first-order valence-electron chi connectivity index (χ1n) is 14.6. The van der Waals surface area contributed by atoms with E-state index in [1.807, 2.05) is 0 Å². The Morgan fingerprint density at radius 3 is 2.51 bits per heavy atom. The van der Waals surface area contributed by atoms with E-state index in [4.69, 9.17) is 44.4 Å². The largest absolute Gasteiger partial charge is 0.506 e. The lowest BCUT2D eigenvalue weighted by Gasteiger charge is -2.42. The van der Waals surface area contributed by atoms with Gasteiger partial charge in [0, 0.05) is 43.0 Å². The Morgan fingerprint density at radius 2 is 1.83 bits per heavy atom. The SMILES string of the molecule is C=CCOc1c2c3c(c4oc5c(OC)c(Cl)ccc5c(=O)c14)OCOC3C(OC)c1cc3c(c(O)c1-2)C(=O)N(CC=C)C(OC)C3O. The summed E-state index contributed by atoms with van der Waals surface area (Å²) in [5.74, 6) is -0.708. The third kappa shape index (κ3) is 4.22. The molecule has 3 aromatic carbocycles. The lowest BCUT2D eigenvalue weighted by molar-refractivity contribution is -0.121. The smallest absolute Gasteiger partial charge is 0.260 e. The number of benzene rings is 3. The lowest BCUT2D eigenvalue weighted by atomic mass is 9.76.